The van der Waals surface area contributed by atoms with Crippen molar-refractivity contribution in [2.45, 2.75) is 61.2 Å². The molecular weight excluding hydrogens is 248 g/mol. The number of thioether (sulfide) groups is 2. The molecule has 1 saturated heterocycles. The molecule has 0 bridgehead atoms. The smallest absolute Gasteiger partial charge is 0.140 e. The van der Waals surface area contributed by atoms with Crippen molar-refractivity contribution < 1.29 is 0 Å². The lowest BCUT2D eigenvalue weighted by Gasteiger charge is -2.45. The molecule has 0 saturated carbocycles. The van der Waals surface area contributed by atoms with Crippen LogP contribution in [0, 0.1) is 0 Å². The molecule has 0 aliphatic carbocycles. The van der Waals surface area contributed by atoms with Crippen LogP contribution in [-0.2, 0) is 4.20 Å². The number of imidazole rings is 1. The second-order valence-electron chi connectivity index (χ2n) is 4.65. The molecule has 17 heavy (non-hydrogen) atoms. The minimum atomic E-state index is 0.252. The van der Waals surface area contributed by atoms with Gasteiger partial charge < -0.3 is 4.57 Å². The highest BCUT2D eigenvalue weighted by Crippen LogP contribution is 2.62. The van der Waals surface area contributed by atoms with Gasteiger partial charge in [-0.2, -0.15) is 0 Å². The number of rotatable bonds is 7. The summed E-state index contributed by atoms with van der Waals surface area (Å²) in [6.07, 6.45) is 14.1. The first-order valence-electron chi connectivity index (χ1n) is 6.61. The summed E-state index contributed by atoms with van der Waals surface area (Å²) in [7, 11) is 0. The largest absolute Gasteiger partial charge is 0.313 e. The lowest BCUT2D eigenvalue weighted by molar-refractivity contribution is 0.509. The Balaban J connectivity index is 1.82. The van der Waals surface area contributed by atoms with Gasteiger partial charge in [0, 0.05) is 12.4 Å². The molecule has 1 aromatic rings. The molecule has 1 aliphatic heterocycles. The van der Waals surface area contributed by atoms with Crippen LogP contribution in [-0.4, -0.2) is 14.1 Å². The summed E-state index contributed by atoms with van der Waals surface area (Å²) in [5.41, 5.74) is 0. The highest BCUT2D eigenvalue weighted by atomic mass is 32.3. The van der Waals surface area contributed by atoms with Gasteiger partial charge >= 0.3 is 0 Å². The maximum absolute atomic E-state index is 4.19. The van der Waals surface area contributed by atoms with Crippen LogP contribution in [0.1, 0.15) is 52.4 Å². The fourth-order valence-corrected chi connectivity index (χ4v) is 5.88. The molecule has 0 atom stereocenters. The van der Waals surface area contributed by atoms with Crippen molar-refractivity contribution in [1.82, 2.24) is 9.55 Å². The molecule has 96 valence electrons. The van der Waals surface area contributed by atoms with Gasteiger partial charge in [-0.3, -0.25) is 0 Å². The number of hydrogen-bond acceptors (Lipinski definition) is 3. The van der Waals surface area contributed by atoms with E-state index in [1.165, 1.54) is 38.5 Å². The number of nitrogens with zero attached hydrogens (tertiary/aromatic N) is 2. The summed E-state index contributed by atoms with van der Waals surface area (Å²) < 4.78 is 3.28. The molecule has 1 aromatic heterocycles. The van der Waals surface area contributed by atoms with Crippen molar-refractivity contribution in [3.63, 3.8) is 0 Å². The fourth-order valence-electron chi connectivity index (χ4n) is 2.31. The molecule has 0 aromatic carbocycles. The monoisotopic (exact) mass is 270 g/mol. The van der Waals surface area contributed by atoms with E-state index in [1.54, 1.807) is 0 Å². The molecule has 2 rings (SSSR count). The minimum Gasteiger partial charge on any atom is -0.313 e. The zero-order valence-corrected chi connectivity index (χ0v) is 12.4. The van der Waals surface area contributed by atoms with E-state index in [-0.39, 0.29) is 4.20 Å². The molecule has 1 fully saturated rings. The Hall–Kier alpha value is -0.0900. The summed E-state index contributed by atoms with van der Waals surface area (Å²) in [6.45, 7) is 4.56. The number of unbranched alkanes of at least 4 members (excludes halogenated alkanes) is 4. The van der Waals surface area contributed by atoms with E-state index in [9.17, 15) is 0 Å². The molecule has 0 N–H and O–H groups in total. The zero-order valence-electron chi connectivity index (χ0n) is 10.8. The second kappa shape index (κ2) is 6.19. The van der Waals surface area contributed by atoms with Crippen LogP contribution in [0.25, 0.3) is 0 Å². The van der Waals surface area contributed by atoms with Gasteiger partial charge in [-0.05, 0) is 19.8 Å². The summed E-state index contributed by atoms with van der Waals surface area (Å²) in [4.78, 5) is 4.19. The van der Waals surface area contributed by atoms with E-state index in [2.05, 4.69) is 53.1 Å². The fraction of sp³-hybridized carbons (Fsp3) is 0.769. The Morgan fingerprint density at radius 1 is 1.24 bits per heavy atom. The van der Waals surface area contributed by atoms with Crippen molar-refractivity contribution in [3.8, 4) is 0 Å². The van der Waals surface area contributed by atoms with Gasteiger partial charge in [-0.25, -0.2) is 4.98 Å². The van der Waals surface area contributed by atoms with E-state index >= 15 is 0 Å². The maximum Gasteiger partial charge on any atom is 0.140 e. The van der Waals surface area contributed by atoms with Gasteiger partial charge in [-0.15, -0.1) is 23.5 Å². The van der Waals surface area contributed by atoms with E-state index in [0.29, 0.717) is 0 Å². The topological polar surface area (TPSA) is 17.8 Å². The van der Waals surface area contributed by atoms with Crippen LogP contribution in [0.4, 0.5) is 0 Å². The van der Waals surface area contributed by atoms with Gasteiger partial charge in [0.1, 0.15) is 4.20 Å². The van der Waals surface area contributed by atoms with Crippen molar-refractivity contribution in [2.24, 2.45) is 0 Å². The predicted molar refractivity (Wildman–Crippen MR) is 78.2 cm³/mol. The normalized spacial score (nSPS) is 28.0. The standard InChI is InChI=1S/C13H22N2S2/c1-3-4-5-6-7-8-13(16-12(2)17-13)15-10-9-14-11-15/h9-12H,3-8H2,1-2H3. The average Bonchev–Trinajstić information content (AvgIpc) is 2.79. The Labute approximate surface area is 113 Å². The lowest BCUT2D eigenvalue weighted by Crippen LogP contribution is -2.36. The van der Waals surface area contributed by atoms with Crippen LogP contribution in [0.15, 0.2) is 18.7 Å². The second-order valence-corrected chi connectivity index (χ2v) is 8.44. The Bertz CT molecular complexity index is 318. The molecular formula is C13H22N2S2. The molecule has 2 nitrogen and oxygen atoms in total. The van der Waals surface area contributed by atoms with Crippen molar-refractivity contribution in [3.05, 3.63) is 18.7 Å². The molecule has 4 heteroatoms. The summed E-state index contributed by atoms with van der Waals surface area (Å²) in [5, 5.41) is 0. The third-order valence-corrected chi connectivity index (χ3v) is 6.58. The van der Waals surface area contributed by atoms with Crippen molar-refractivity contribution >= 4 is 23.5 Å². The molecule has 0 spiro atoms. The number of aromatic nitrogens is 2. The minimum absolute atomic E-state index is 0.252. The van der Waals surface area contributed by atoms with Crippen molar-refractivity contribution in [2.75, 3.05) is 0 Å². The SMILES string of the molecule is CCCCCCCC1(n2ccnc2)SC(C)S1. The zero-order chi connectivity index (χ0) is 12.1. The van der Waals surface area contributed by atoms with Crippen molar-refractivity contribution in [1.29, 1.82) is 0 Å². The predicted octanol–water partition coefficient (Wildman–Crippen LogP) is 4.68. The highest BCUT2D eigenvalue weighted by Gasteiger charge is 2.44. The highest BCUT2D eigenvalue weighted by molar-refractivity contribution is 8.33. The van der Waals surface area contributed by atoms with Crippen LogP contribution in [0.3, 0.4) is 0 Å². The molecule has 0 amide bonds. The third kappa shape index (κ3) is 3.22. The van der Waals surface area contributed by atoms with E-state index in [4.69, 9.17) is 0 Å². The van der Waals surface area contributed by atoms with Gasteiger partial charge in [0.05, 0.1) is 10.9 Å². The van der Waals surface area contributed by atoms with Gasteiger partial charge in [0.15, 0.2) is 0 Å². The molecule has 0 radical (unpaired) electrons. The lowest BCUT2D eigenvalue weighted by atomic mass is 10.1. The summed E-state index contributed by atoms with van der Waals surface area (Å²) in [6, 6.07) is 0. The van der Waals surface area contributed by atoms with E-state index < -0.39 is 0 Å². The number of hydrogen-bond donors (Lipinski definition) is 0. The first-order valence-corrected chi connectivity index (χ1v) is 8.37. The van der Waals surface area contributed by atoms with Crippen LogP contribution in [0.2, 0.25) is 0 Å². The third-order valence-electron chi connectivity index (χ3n) is 3.19. The van der Waals surface area contributed by atoms with Gasteiger partial charge in [0.2, 0.25) is 0 Å². The Kier molecular flexibility index (Phi) is 4.86. The maximum atomic E-state index is 4.19. The van der Waals surface area contributed by atoms with Gasteiger partial charge in [-0.1, -0.05) is 32.6 Å². The quantitative estimate of drug-likeness (QED) is 0.670. The van der Waals surface area contributed by atoms with E-state index in [1.807, 2.05) is 12.5 Å². The molecule has 0 unspecified atom stereocenters. The van der Waals surface area contributed by atoms with E-state index in [0.717, 1.165) is 4.58 Å². The summed E-state index contributed by atoms with van der Waals surface area (Å²) >= 11 is 4.17. The first-order chi connectivity index (χ1) is 8.27. The van der Waals surface area contributed by atoms with Crippen LogP contribution < -0.4 is 0 Å². The first kappa shape index (κ1) is 13.3. The van der Waals surface area contributed by atoms with Crippen LogP contribution >= 0.6 is 23.5 Å². The molecule has 2 heterocycles. The van der Waals surface area contributed by atoms with Gasteiger partial charge in [0.25, 0.3) is 0 Å². The summed E-state index contributed by atoms with van der Waals surface area (Å²) in [5.74, 6) is 0. The Morgan fingerprint density at radius 3 is 2.59 bits per heavy atom. The van der Waals surface area contributed by atoms with Crippen LogP contribution in [0.5, 0.6) is 0 Å². The Morgan fingerprint density at radius 2 is 2.00 bits per heavy atom. The average molecular weight is 270 g/mol. The molecule has 1 aliphatic rings.